The van der Waals surface area contributed by atoms with Gasteiger partial charge >= 0.3 is 11.9 Å². The minimum absolute atomic E-state index is 0.137. The van der Waals surface area contributed by atoms with Gasteiger partial charge in [0.15, 0.2) is 0 Å². The molecule has 0 aliphatic rings. The van der Waals surface area contributed by atoms with Crippen LogP contribution in [0.4, 0.5) is 0 Å². The molecule has 0 amide bonds. The van der Waals surface area contributed by atoms with Gasteiger partial charge in [-0.3, -0.25) is 4.79 Å². The third-order valence-electron chi connectivity index (χ3n) is 2.33. The molecule has 0 aliphatic carbocycles. The Morgan fingerprint density at radius 2 is 1.89 bits per heavy atom. The molecule has 1 aromatic rings. The summed E-state index contributed by atoms with van der Waals surface area (Å²) in [5, 5.41) is 0. The van der Waals surface area contributed by atoms with E-state index in [1.807, 2.05) is 6.92 Å². The maximum atomic E-state index is 11.5. The number of benzene rings is 1. The number of methoxy groups -OCH3 is 2. The van der Waals surface area contributed by atoms with Gasteiger partial charge in [-0.25, -0.2) is 4.79 Å². The predicted octanol–water partition coefficient (Wildman–Crippen LogP) is 1.59. The highest BCUT2D eigenvalue weighted by Gasteiger charge is 2.14. The van der Waals surface area contributed by atoms with E-state index in [9.17, 15) is 9.59 Å². The van der Waals surface area contributed by atoms with Crippen molar-refractivity contribution in [2.45, 2.75) is 13.3 Å². The molecule has 0 unspecified atom stereocenters. The molecule has 0 bridgehead atoms. The Kier molecular flexibility index (Phi) is 5.17. The smallest absolute Gasteiger partial charge is 0.341 e. The zero-order valence-corrected chi connectivity index (χ0v) is 10.7. The first-order valence-corrected chi connectivity index (χ1v) is 5.53. The number of carbonyl (C=O) groups excluding carboxylic acids is 2. The van der Waals surface area contributed by atoms with Gasteiger partial charge in [-0.1, -0.05) is 6.07 Å². The van der Waals surface area contributed by atoms with Gasteiger partial charge in [-0.2, -0.15) is 0 Å². The van der Waals surface area contributed by atoms with E-state index in [1.54, 1.807) is 18.2 Å². The van der Waals surface area contributed by atoms with Crippen LogP contribution in [0.15, 0.2) is 18.2 Å². The predicted molar refractivity (Wildman–Crippen MR) is 64.7 cm³/mol. The van der Waals surface area contributed by atoms with Crippen molar-refractivity contribution >= 4 is 11.9 Å². The quantitative estimate of drug-likeness (QED) is 0.745. The number of hydrogen-bond donors (Lipinski definition) is 0. The largest absolute Gasteiger partial charge is 0.493 e. The van der Waals surface area contributed by atoms with Crippen molar-refractivity contribution in [1.82, 2.24) is 0 Å². The molecule has 98 valence electrons. The van der Waals surface area contributed by atoms with Gasteiger partial charge in [-0.15, -0.1) is 0 Å². The molecule has 0 fully saturated rings. The maximum Gasteiger partial charge on any atom is 0.341 e. The molecule has 1 rings (SSSR count). The summed E-state index contributed by atoms with van der Waals surface area (Å²) in [5.41, 5.74) is 1.06. The number of carbonyl (C=O) groups is 2. The molecule has 5 nitrogen and oxygen atoms in total. The molecular formula is C13H16O5. The lowest BCUT2D eigenvalue weighted by Crippen LogP contribution is -2.08. The summed E-state index contributed by atoms with van der Waals surface area (Å²) in [4.78, 5) is 22.7. The van der Waals surface area contributed by atoms with Crippen molar-refractivity contribution < 1.29 is 23.8 Å². The summed E-state index contributed by atoms with van der Waals surface area (Å²) in [7, 11) is 2.63. The Morgan fingerprint density at radius 3 is 2.44 bits per heavy atom. The molecule has 0 saturated heterocycles. The van der Waals surface area contributed by atoms with Crippen molar-refractivity contribution in [3.05, 3.63) is 29.3 Å². The van der Waals surface area contributed by atoms with Crippen LogP contribution in [0.1, 0.15) is 22.8 Å². The zero-order chi connectivity index (χ0) is 13.5. The average Bonchev–Trinajstić information content (AvgIpc) is 2.38. The second kappa shape index (κ2) is 6.64. The molecule has 0 aliphatic heterocycles. The van der Waals surface area contributed by atoms with Gasteiger partial charge < -0.3 is 14.2 Å². The Hall–Kier alpha value is -2.04. The normalized spacial score (nSPS) is 9.72. The first kappa shape index (κ1) is 14.0. The second-order valence-electron chi connectivity index (χ2n) is 3.51. The van der Waals surface area contributed by atoms with Gasteiger partial charge in [-0.05, 0) is 24.6 Å². The standard InChI is InChI=1S/C13H16O5/c1-4-18-11-7-9(8-12(14)16-2)5-6-10(11)13(15)17-3/h5-7H,4,8H2,1-3H3. The molecular weight excluding hydrogens is 236 g/mol. The summed E-state index contributed by atoms with van der Waals surface area (Å²) in [6.45, 7) is 2.24. The average molecular weight is 252 g/mol. The minimum Gasteiger partial charge on any atom is -0.493 e. The van der Waals surface area contributed by atoms with E-state index in [0.717, 1.165) is 5.56 Å². The first-order valence-electron chi connectivity index (χ1n) is 5.53. The van der Waals surface area contributed by atoms with E-state index in [0.29, 0.717) is 17.9 Å². The van der Waals surface area contributed by atoms with E-state index in [2.05, 4.69) is 9.47 Å². The van der Waals surface area contributed by atoms with Crippen molar-refractivity contribution in [3.63, 3.8) is 0 Å². The van der Waals surface area contributed by atoms with Crippen molar-refractivity contribution in [2.75, 3.05) is 20.8 Å². The van der Waals surface area contributed by atoms with Crippen molar-refractivity contribution in [1.29, 1.82) is 0 Å². The molecule has 18 heavy (non-hydrogen) atoms. The van der Waals surface area contributed by atoms with Crippen molar-refractivity contribution in [3.8, 4) is 5.75 Å². The molecule has 0 radical (unpaired) electrons. The summed E-state index contributed by atoms with van der Waals surface area (Å²) in [6.07, 6.45) is 0.137. The molecule has 0 atom stereocenters. The van der Waals surface area contributed by atoms with Crippen LogP contribution in [-0.4, -0.2) is 32.8 Å². The maximum absolute atomic E-state index is 11.5. The number of ether oxygens (including phenoxy) is 3. The minimum atomic E-state index is -0.469. The van der Waals surface area contributed by atoms with Crippen LogP contribution in [0.2, 0.25) is 0 Å². The SMILES string of the molecule is CCOc1cc(CC(=O)OC)ccc1C(=O)OC. The van der Waals surface area contributed by atoms with Crippen LogP contribution >= 0.6 is 0 Å². The molecule has 0 heterocycles. The highest BCUT2D eigenvalue weighted by molar-refractivity contribution is 5.92. The lowest BCUT2D eigenvalue weighted by atomic mass is 10.1. The third-order valence-corrected chi connectivity index (χ3v) is 2.33. The third kappa shape index (κ3) is 3.48. The van der Waals surface area contributed by atoms with Crippen LogP contribution in [-0.2, 0) is 20.7 Å². The number of rotatable bonds is 5. The summed E-state index contributed by atoms with van der Waals surface area (Å²) in [5.74, 6) is -0.405. The van der Waals surface area contributed by atoms with Gasteiger partial charge in [0.2, 0.25) is 0 Å². The Balaban J connectivity index is 3.02. The van der Waals surface area contributed by atoms with Crippen LogP contribution in [0, 0.1) is 0 Å². The monoisotopic (exact) mass is 252 g/mol. The van der Waals surface area contributed by atoms with E-state index in [4.69, 9.17) is 4.74 Å². The Bertz CT molecular complexity index is 439. The van der Waals surface area contributed by atoms with Crippen LogP contribution in [0.5, 0.6) is 5.75 Å². The summed E-state index contributed by atoms with van der Waals surface area (Å²) in [6, 6.07) is 4.90. The van der Waals surface area contributed by atoms with Gasteiger partial charge in [0.1, 0.15) is 11.3 Å². The molecule has 0 N–H and O–H groups in total. The van der Waals surface area contributed by atoms with Crippen LogP contribution in [0.3, 0.4) is 0 Å². The Labute approximate surface area is 106 Å². The fraction of sp³-hybridized carbons (Fsp3) is 0.385. The Morgan fingerprint density at radius 1 is 1.17 bits per heavy atom. The van der Waals surface area contributed by atoms with Crippen LogP contribution < -0.4 is 4.74 Å². The first-order chi connectivity index (χ1) is 8.62. The fourth-order valence-corrected chi connectivity index (χ4v) is 1.47. The summed E-state index contributed by atoms with van der Waals surface area (Å²) < 4.78 is 14.6. The zero-order valence-electron chi connectivity index (χ0n) is 10.7. The van der Waals surface area contributed by atoms with Crippen molar-refractivity contribution in [2.24, 2.45) is 0 Å². The van der Waals surface area contributed by atoms with Crippen LogP contribution in [0.25, 0.3) is 0 Å². The van der Waals surface area contributed by atoms with E-state index >= 15 is 0 Å². The fourth-order valence-electron chi connectivity index (χ4n) is 1.47. The van der Waals surface area contributed by atoms with Gasteiger partial charge in [0.25, 0.3) is 0 Å². The second-order valence-corrected chi connectivity index (χ2v) is 3.51. The topological polar surface area (TPSA) is 61.8 Å². The van der Waals surface area contributed by atoms with E-state index in [1.165, 1.54) is 14.2 Å². The highest BCUT2D eigenvalue weighted by Crippen LogP contribution is 2.22. The van der Waals surface area contributed by atoms with Gasteiger partial charge in [0, 0.05) is 0 Å². The molecule has 0 saturated carbocycles. The highest BCUT2D eigenvalue weighted by atomic mass is 16.5. The van der Waals surface area contributed by atoms with Gasteiger partial charge in [0.05, 0.1) is 27.2 Å². The van der Waals surface area contributed by atoms with E-state index < -0.39 is 5.97 Å². The summed E-state index contributed by atoms with van der Waals surface area (Å²) >= 11 is 0. The number of hydrogen-bond acceptors (Lipinski definition) is 5. The number of esters is 2. The molecule has 0 aromatic heterocycles. The molecule has 0 spiro atoms. The molecule has 5 heteroatoms. The lowest BCUT2D eigenvalue weighted by molar-refractivity contribution is -0.139. The molecule has 1 aromatic carbocycles. The lowest BCUT2D eigenvalue weighted by Gasteiger charge is -2.10. The van der Waals surface area contributed by atoms with E-state index in [-0.39, 0.29) is 12.4 Å².